The van der Waals surface area contributed by atoms with Crippen molar-refractivity contribution < 1.29 is 57.2 Å². The van der Waals surface area contributed by atoms with E-state index in [-0.39, 0.29) is 35.8 Å². The van der Waals surface area contributed by atoms with Crippen LogP contribution in [0.3, 0.4) is 0 Å². The Morgan fingerprint density at radius 3 is 0.426 bits per heavy atom. The maximum atomic E-state index is 12.7. The van der Waals surface area contributed by atoms with E-state index in [1.54, 1.807) is 72.9 Å². The van der Waals surface area contributed by atoms with Gasteiger partial charge >= 0.3 is 35.8 Å². The molecule has 0 aliphatic carbocycles. The van der Waals surface area contributed by atoms with Crippen LogP contribution in [0, 0.1) is 0 Å². The molecule has 12 nitrogen and oxygen atoms in total. The molecule has 108 heavy (non-hydrogen) atoms. The first-order chi connectivity index (χ1) is 52.5. The summed E-state index contributed by atoms with van der Waals surface area (Å²) in [5.74, 6) is -1.40. The number of esters is 6. The van der Waals surface area contributed by atoms with Gasteiger partial charge in [0.15, 0.2) is 0 Å². The topological polar surface area (TPSA) is 158 Å². The minimum absolute atomic E-state index is 0.234. The molecule has 0 heterocycles. The highest BCUT2D eigenvalue weighted by molar-refractivity contribution is 6.26. The van der Waals surface area contributed by atoms with E-state index in [0.29, 0.717) is 38.5 Å². The molecular formula is C96H132O12. The molecule has 0 fully saturated rings. The van der Waals surface area contributed by atoms with Gasteiger partial charge < -0.3 is 28.4 Å². The van der Waals surface area contributed by atoms with Crippen molar-refractivity contribution >= 4 is 68.1 Å². The number of fused-ring (bicyclic) bond motifs is 6. The van der Waals surface area contributed by atoms with Crippen molar-refractivity contribution in [3.05, 3.63) is 222 Å². The number of aryl methyl sites for hydroxylation is 6. The molecule has 0 aliphatic heterocycles. The Labute approximate surface area is 649 Å². The van der Waals surface area contributed by atoms with Crippen LogP contribution in [-0.2, 0) is 95.7 Å². The Morgan fingerprint density at radius 1 is 0.194 bits per heavy atom. The average molecular weight is 1480 g/mol. The predicted molar refractivity (Wildman–Crippen MR) is 449 cm³/mol. The van der Waals surface area contributed by atoms with Gasteiger partial charge in [0.05, 0.1) is 0 Å². The monoisotopic (exact) mass is 1480 g/mol. The van der Waals surface area contributed by atoms with Gasteiger partial charge in [0, 0.05) is 38.5 Å². The number of unbranched alkanes of at least 4 members (excludes halogenated alkanes) is 24. The quantitative estimate of drug-likeness (QED) is 0.0136. The molecule has 0 amide bonds. The third kappa shape index (κ3) is 35.6. The average Bonchev–Trinajstić information content (AvgIpc) is 0.726. The van der Waals surface area contributed by atoms with Gasteiger partial charge in [-0.3, -0.25) is 28.8 Å². The summed E-state index contributed by atoms with van der Waals surface area (Å²) in [5.41, 5.74) is 8.27. The fourth-order valence-corrected chi connectivity index (χ4v) is 13.9. The van der Waals surface area contributed by atoms with Crippen molar-refractivity contribution in [2.75, 3.05) is 0 Å². The van der Waals surface area contributed by atoms with Crippen LogP contribution in [0.1, 0.15) is 265 Å². The zero-order chi connectivity index (χ0) is 78.5. The number of ether oxygens (including phenoxy) is 6. The lowest BCUT2D eigenvalue weighted by Crippen LogP contribution is -2.12. The van der Waals surface area contributed by atoms with Gasteiger partial charge in [-0.2, -0.15) is 0 Å². The lowest BCUT2D eigenvalue weighted by molar-refractivity contribution is -0.146. The molecule has 0 atom stereocenters. The van der Waals surface area contributed by atoms with Crippen molar-refractivity contribution in [1.82, 2.24) is 0 Å². The number of carbonyl (C=O) groups excluding carboxylic acids is 6. The standard InChI is InChI=1S/C96H132O12/c1-13-79(14-2)103-91(97)61-49-37-25-31-43-55-73-67-85-86(68-74(73)56-44-32-26-38-50-62-92(98)104-80(15-3)16-4)88-70-76(58-46-34-28-40-52-64-94(100)106-82(19-7)20-8)78(60-48-36-30-42-54-66-96(102)108-84(23-11)24-12)72-90(88)89-71-77(59-47-35-29-41-53-65-95(101)107-83(21-9)22-10)75(69-87(85)89)57-45-33-27-39-51-63-93(99)105-81(17-5)18-6/h13-24,67-72,79-84H,1-12,25-66H2. The summed E-state index contributed by atoms with van der Waals surface area (Å²) in [6.07, 6.45) is 52.2. The highest BCUT2D eigenvalue weighted by Crippen LogP contribution is 2.41. The Kier molecular flexibility index (Phi) is 47.3. The molecule has 0 saturated carbocycles. The van der Waals surface area contributed by atoms with Gasteiger partial charge in [-0.15, -0.1) is 0 Å². The zero-order valence-corrected chi connectivity index (χ0v) is 65.9. The highest BCUT2D eigenvalue weighted by atomic mass is 16.6. The molecule has 4 rings (SSSR count). The third-order valence-corrected chi connectivity index (χ3v) is 20.2. The van der Waals surface area contributed by atoms with Crippen LogP contribution < -0.4 is 0 Å². The molecule has 0 aromatic heterocycles. The maximum absolute atomic E-state index is 12.7. The first-order valence-electron chi connectivity index (χ1n) is 40.7. The van der Waals surface area contributed by atoms with Crippen LogP contribution in [0.15, 0.2) is 188 Å². The van der Waals surface area contributed by atoms with Crippen LogP contribution in [0.4, 0.5) is 0 Å². The molecular weight excluding hydrogens is 1350 g/mol. The lowest BCUT2D eigenvalue weighted by Gasteiger charge is -2.21. The Bertz CT molecular complexity index is 2890. The fourth-order valence-electron chi connectivity index (χ4n) is 13.9. The first kappa shape index (κ1) is 91.7. The zero-order valence-electron chi connectivity index (χ0n) is 65.9. The summed E-state index contributed by atoms with van der Waals surface area (Å²) in [7, 11) is 0. The summed E-state index contributed by atoms with van der Waals surface area (Å²) in [4.78, 5) is 75.9. The van der Waals surface area contributed by atoms with E-state index in [4.69, 9.17) is 28.4 Å². The minimum Gasteiger partial charge on any atom is -0.454 e. The largest absolute Gasteiger partial charge is 0.454 e. The van der Waals surface area contributed by atoms with Crippen molar-refractivity contribution in [3.8, 4) is 0 Å². The van der Waals surface area contributed by atoms with E-state index in [9.17, 15) is 28.8 Å². The second kappa shape index (κ2) is 55.7. The Balaban J connectivity index is 1.88. The molecule has 0 bridgehead atoms. The van der Waals surface area contributed by atoms with Crippen LogP contribution in [-0.4, -0.2) is 72.4 Å². The van der Waals surface area contributed by atoms with E-state index in [2.05, 4.69) is 115 Å². The normalized spacial score (nSPS) is 11.3. The number of carbonyl (C=O) groups is 6. The van der Waals surface area contributed by atoms with Gasteiger partial charge in [-0.05, 0) is 254 Å². The minimum atomic E-state index is -0.487. The highest BCUT2D eigenvalue weighted by Gasteiger charge is 2.20. The van der Waals surface area contributed by atoms with E-state index in [0.717, 1.165) is 231 Å². The van der Waals surface area contributed by atoms with Gasteiger partial charge in [0.25, 0.3) is 0 Å². The van der Waals surface area contributed by atoms with Crippen molar-refractivity contribution in [3.63, 3.8) is 0 Å². The number of hydrogen-bond donors (Lipinski definition) is 0. The van der Waals surface area contributed by atoms with E-state index in [1.165, 1.54) is 65.7 Å². The number of hydrogen-bond acceptors (Lipinski definition) is 12. The molecule has 0 aliphatic rings. The Hall–Kier alpha value is -8.64. The molecule has 4 aromatic carbocycles. The lowest BCUT2D eigenvalue weighted by atomic mass is 9.84. The summed E-state index contributed by atoms with van der Waals surface area (Å²) in [5, 5.41) is 7.63. The second-order valence-corrected chi connectivity index (χ2v) is 28.7. The van der Waals surface area contributed by atoms with Gasteiger partial charge in [0.2, 0.25) is 0 Å². The van der Waals surface area contributed by atoms with Gasteiger partial charge in [-0.25, -0.2) is 0 Å². The molecule has 0 unspecified atom stereocenters. The molecule has 0 N–H and O–H groups in total. The Morgan fingerprint density at radius 2 is 0.306 bits per heavy atom. The third-order valence-electron chi connectivity index (χ3n) is 20.2. The summed E-state index contributed by atoms with van der Waals surface area (Å²) >= 11 is 0. The number of rotatable bonds is 66. The van der Waals surface area contributed by atoms with E-state index >= 15 is 0 Å². The SMILES string of the molecule is C=CC(C=C)OC(=O)CCCCCCCc1cc2c3cc(CCCCCCCC(=O)OC(C=C)C=C)c(CCCCCCCC(=O)OC(C=C)C=C)cc3c3cc(CCCCCCCC(=O)OC(C=C)C=C)c(CCCCCCCC(=O)OC(C=C)C=C)cc3c2cc1CCCCCCCC(=O)OC(C=C)C=C. The molecule has 12 heteroatoms. The summed E-state index contributed by atoms with van der Waals surface area (Å²) in [6.45, 7) is 45.1. The van der Waals surface area contributed by atoms with Gasteiger partial charge in [-0.1, -0.05) is 231 Å². The second-order valence-electron chi connectivity index (χ2n) is 28.7. The smallest absolute Gasteiger partial charge is 0.306 e. The summed E-state index contributed by atoms with van der Waals surface area (Å²) in [6, 6.07) is 15.3. The fraction of sp³-hybridized carbons (Fsp3) is 0.500. The predicted octanol–water partition coefficient (Wildman–Crippen LogP) is 24.1. The van der Waals surface area contributed by atoms with E-state index in [1.807, 2.05) is 0 Å². The van der Waals surface area contributed by atoms with Crippen molar-refractivity contribution in [2.45, 2.75) is 306 Å². The van der Waals surface area contributed by atoms with E-state index < -0.39 is 36.6 Å². The molecule has 588 valence electrons. The van der Waals surface area contributed by atoms with Crippen LogP contribution in [0.2, 0.25) is 0 Å². The van der Waals surface area contributed by atoms with Crippen molar-refractivity contribution in [2.24, 2.45) is 0 Å². The van der Waals surface area contributed by atoms with Crippen LogP contribution >= 0.6 is 0 Å². The van der Waals surface area contributed by atoms with Gasteiger partial charge in [0.1, 0.15) is 36.6 Å². The molecule has 0 spiro atoms. The number of benzene rings is 4. The van der Waals surface area contributed by atoms with Crippen LogP contribution in [0.5, 0.6) is 0 Å². The molecule has 4 aromatic rings. The molecule has 0 radical (unpaired) electrons. The summed E-state index contributed by atoms with van der Waals surface area (Å²) < 4.78 is 33.0. The first-order valence-corrected chi connectivity index (χ1v) is 40.7. The van der Waals surface area contributed by atoms with Crippen LogP contribution in [0.25, 0.3) is 32.3 Å². The molecule has 0 saturated heterocycles. The van der Waals surface area contributed by atoms with Crippen molar-refractivity contribution in [1.29, 1.82) is 0 Å². The maximum Gasteiger partial charge on any atom is 0.306 e.